The fourth-order valence-corrected chi connectivity index (χ4v) is 5.38. The maximum atomic E-state index is 12.8. The summed E-state index contributed by atoms with van der Waals surface area (Å²) in [6, 6.07) is 5.73. The van der Waals surface area contributed by atoms with Gasteiger partial charge in [-0.15, -0.1) is 0 Å². The van der Waals surface area contributed by atoms with Gasteiger partial charge in [0.05, 0.1) is 10.6 Å². The fraction of sp³-hybridized carbons (Fsp3) is 0.647. The van der Waals surface area contributed by atoms with E-state index in [-0.39, 0.29) is 11.8 Å². The second kappa shape index (κ2) is 6.93. The van der Waals surface area contributed by atoms with E-state index in [1.807, 2.05) is 33.0 Å². The van der Waals surface area contributed by atoms with Crippen LogP contribution in [0.2, 0.25) is 0 Å². The Bertz CT molecular complexity index is 574. The Hall–Kier alpha value is -0.870. The highest BCUT2D eigenvalue weighted by Crippen LogP contribution is 2.28. The largest absolute Gasteiger partial charge is 0.316 e. The molecule has 1 atom stereocenters. The predicted molar refractivity (Wildman–Crippen MR) is 87.4 cm³/mol. The molecular formula is C17H27NO2S. The van der Waals surface area contributed by atoms with Gasteiger partial charge in [-0.05, 0) is 56.8 Å². The Balaban J connectivity index is 2.20. The molecule has 0 bridgehead atoms. The molecule has 1 N–H and O–H groups in total. The Morgan fingerprint density at radius 2 is 1.86 bits per heavy atom. The molecule has 2 rings (SSSR count). The van der Waals surface area contributed by atoms with Crippen molar-refractivity contribution >= 4 is 9.84 Å². The van der Waals surface area contributed by atoms with Gasteiger partial charge >= 0.3 is 0 Å². The van der Waals surface area contributed by atoms with Crippen molar-refractivity contribution in [3.05, 3.63) is 29.3 Å². The minimum atomic E-state index is -3.24. The van der Waals surface area contributed by atoms with Crippen LogP contribution in [-0.2, 0) is 9.84 Å². The van der Waals surface area contributed by atoms with Crippen LogP contribution in [0.3, 0.4) is 0 Å². The molecule has 1 aliphatic carbocycles. The molecule has 3 nitrogen and oxygen atoms in total. The minimum Gasteiger partial charge on any atom is -0.316 e. The summed E-state index contributed by atoms with van der Waals surface area (Å²) in [5.74, 6) is 0.696. The van der Waals surface area contributed by atoms with Crippen molar-refractivity contribution in [1.29, 1.82) is 0 Å². The van der Waals surface area contributed by atoms with Gasteiger partial charge in [0.1, 0.15) is 0 Å². The number of aryl methyl sites for hydroxylation is 2. The topological polar surface area (TPSA) is 46.2 Å². The van der Waals surface area contributed by atoms with Gasteiger partial charge in [-0.25, -0.2) is 8.42 Å². The molecule has 0 radical (unpaired) electrons. The van der Waals surface area contributed by atoms with E-state index >= 15 is 0 Å². The standard InChI is InChI=1S/C17H27NO2S/c1-13-9-10-14(2)17(11-13)21(19,20)12-16(18-3)15-7-5-4-6-8-15/h9-11,15-16,18H,4-8,12H2,1-3H3. The van der Waals surface area contributed by atoms with Crippen LogP contribution in [0.25, 0.3) is 0 Å². The van der Waals surface area contributed by atoms with Crippen LogP contribution in [-0.4, -0.2) is 27.3 Å². The highest BCUT2D eigenvalue weighted by molar-refractivity contribution is 7.91. The number of rotatable bonds is 5. The number of hydrogen-bond donors (Lipinski definition) is 1. The lowest BCUT2D eigenvalue weighted by Crippen LogP contribution is -2.40. The van der Waals surface area contributed by atoms with E-state index in [4.69, 9.17) is 0 Å². The van der Waals surface area contributed by atoms with E-state index in [1.165, 1.54) is 19.3 Å². The summed E-state index contributed by atoms with van der Waals surface area (Å²) in [7, 11) is -1.35. The number of sulfone groups is 1. The fourth-order valence-electron chi connectivity index (χ4n) is 3.36. The second-order valence-corrected chi connectivity index (χ2v) is 8.35. The quantitative estimate of drug-likeness (QED) is 0.908. The first kappa shape index (κ1) is 16.5. The average molecular weight is 309 g/mol. The van der Waals surface area contributed by atoms with Crippen molar-refractivity contribution in [2.45, 2.75) is 56.9 Å². The van der Waals surface area contributed by atoms with Crippen molar-refractivity contribution < 1.29 is 8.42 Å². The molecule has 4 heteroatoms. The molecule has 118 valence electrons. The lowest BCUT2D eigenvalue weighted by molar-refractivity contribution is 0.292. The van der Waals surface area contributed by atoms with Crippen LogP contribution in [0, 0.1) is 19.8 Å². The Morgan fingerprint density at radius 1 is 1.19 bits per heavy atom. The van der Waals surface area contributed by atoms with Crippen LogP contribution in [0.15, 0.2) is 23.1 Å². The first-order chi connectivity index (χ1) is 9.94. The summed E-state index contributed by atoms with van der Waals surface area (Å²) in [5.41, 5.74) is 1.84. The molecule has 0 spiro atoms. The average Bonchev–Trinajstić information content (AvgIpc) is 2.48. The molecule has 0 amide bonds. The summed E-state index contributed by atoms with van der Waals surface area (Å²) in [4.78, 5) is 0.499. The van der Waals surface area contributed by atoms with Gasteiger partial charge in [0.2, 0.25) is 0 Å². The zero-order valence-corrected chi connectivity index (χ0v) is 14.2. The molecule has 1 aromatic rings. The van der Waals surface area contributed by atoms with Gasteiger partial charge in [-0.2, -0.15) is 0 Å². The van der Waals surface area contributed by atoms with Crippen LogP contribution in [0.1, 0.15) is 43.2 Å². The SMILES string of the molecule is CNC(CS(=O)(=O)c1cc(C)ccc1C)C1CCCCC1. The van der Waals surface area contributed by atoms with Crippen molar-refractivity contribution in [2.75, 3.05) is 12.8 Å². The summed E-state index contributed by atoms with van der Waals surface area (Å²) in [6.07, 6.45) is 6.04. The van der Waals surface area contributed by atoms with Gasteiger partial charge in [0, 0.05) is 6.04 Å². The summed E-state index contributed by atoms with van der Waals surface area (Å²) in [5, 5.41) is 3.25. The van der Waals surface area contributed by atoms with E-state index < -0.39 is 9.84 Å². The van der Waals surface area contributed by atoms with E-state index in [0.717, 1.165) is 24.0 Å². The lowest BCUT2D eigenvalue weighted by atomic mass is 9.84. The van der Waals surface area contributed by atoms with Crippen molar-refractivity contribution in [2.24, 2.45) is 5.92 Å². The monoisotopic (exact) mass is 309 g/mol. The van der Waals surface area contributed by atoms with Crippen molar-refractivity contribution in [1.82, 2.24) is 5.32 Å². The number of benzene rings is 1. The van der Waals surface area contributed by atoms with Gasteiger partial charge in [-0.1, -0.05) is 31.4 Å². The van der Waals surface area contributed by atoms with E-state index in [9.17, 15) is 8.42 Å². The van der Waals surface area contributed by atoms with Gasteiger partial charge in [0.15, 0.2) is 9.84 Å². The van der Waals surface area contributed by atoms with Crippen molar-refractivity contribution in [3.8, 4) is 0 Å². The molecule has 1 fully saturated rings. The highest BCUT2D eigenvalue weighted by Gasteiger charge is 2.28. The number of nitrogens with one attached hydrogen (secondary N) is 1. The Labute approximate surface area is 129 Å². The molecule has 0 heterocycles. The molecule has 0 aromatic heterocycles. The zero-order valence-electron chi connectivity index (χ0n) is 13.4. The molecule has 0 saturated heterocycles. The smallest absolute Gasteiger partial charge is 0.180 e. The third kappa shape index (κ3) is 4.07. The van der Waals surface area contributed by atoms with Crippen molar-refractivity contribution in [3.63, 3.8) is 0 Å². The third-order valence-electron chi connectivity index (χ3n) is 4.67. The first-order valence-electron chi connectivity index (χ1n) is 7.91. The molecule has 1 aromatic carbocycles. The molecule has 0 aliphatic heterocycles. The highest BCUT2D eigenvalue weighted by atomic mass is 32.2. The number of hydrogen-bond acceptors (Lipinski definition) is 3. The summed E-state index contributed by atoms with van der Waals surface area (Å²) < 4.78 is 25.6. The van der Waals surface area contributed by atoms with Gasteiger partial charge < -0.3 is 5.32 Å². The molecule has 1 saturated carbocycles. The molecular weight excluding hydrogens is 282 g/mol. The molecule has 21 heavy (non-hydrogen) atoms. The van der Waals surface area contributed by atoms with E-state index in [1.54, 1.807) is 6.07 Å². The third-order valence-corrected chi connectivity index (χ3v) is 6.58. The predicted octanol–water partition coefficient (Wildman–Crippen LogP) is 3.25. The van der Waals surface area contributed by atoms with Gasteiger partial charge in [-0.3, -0.25) is 0 Å². The minimum absolute atomic E-state index is 0.0650. The zero-order chi connectivity index (χ0) is 15.5. The van der Waals surface area contributed by atoms with Crippen LogP contribution >= 0.6 is 0 Å². The van der Waals surface area contributed by atoms with E-state index in [2.05, 4.69) is 5.32 Å². The van der Waals surface area contributed by atoms with Crippen LogP contribution in [0.4, 0.5) is 0 Å². The van der Waals surface area contributed by atoms with E-state index in [0.29, 0.717) is 10.8 Å². The van der Waals surface area contributed by atoms with Gasteiger partial charge in [0.25, 0.3) is 0 Å². The maximum Gasteiger partial charge on any atom is 0.180 e. The normalized spacial score (nSPS) is 18.6. The summed E-state index contributed by atoms with van der Waals surface area (Å²) in [6.45, 7) is 3.82. The van der Waals surface area contributed by atoms with Crippen LogP contribution < -0.4 is 5.32 Å². The maximum absolute atomic E-state index is 12.8. The molecule has 1 aliphatic rings. The lowest BCUT2D eigenvalue weighted by Gasteiger charge is -2.30. The van der Waals surface area contributed by atoms with Crippen LogP contribution in [0.5, 0.6) is 0 Å². The molecule has 1 unspecified atom stereocenters. The summed E-state index contributed by atoms with van der Waals surface area (Å²) >= 11 is 0. The second-order valence-electron chi connectivity index (χ2n) is 6.34. The Morgan fingerprint density at radius 3 is 2.48 bits per heavy atom. The first-order valence-corrected chi connectivity index (χ1v) is 9.56. The Kier molecular flexibility index (Phi) is 5.44.